The Morgan fingerprint density at radius 2 is 2.08 bits per heavy atom. The number of nitrogens with one attached hydrogen (secondary N) is 2. The van der Waals surface area contributed by atoms with Crippen LogP contribution in [0, 0.1) is 0 Å². The maximum Gasteiger partial charge on any atom is 0.406 e. The fourth-order valence-electron chi connectivity index (χ4n) is 4.32. The molecule has 1 aliphatic heterocycles. The van der Waals surface area contributed by atoms with Gasteiger partial charge in [-0.25, -0.2) is 4.98 Å². The molecular weight excluding hydrogens is 495 g/mol. The molecule has 3 aromatic heterocycles. The molecule has 13 heteroatoms. The van der Waals surface area contributed by atoms with E-state index in [0.717, 1.165) is 36.2 Å². The number of hydrogen-bond donors (Lipinski definition) is 2. The minimum atomic E-state index is -4.45. The normalized spacial score (nSPS) is 15.4. The van der Waals surface area contributed by atoms with Crippen molar-refractivity contribution >= 4 is 33.8 Å². The summed E-state index contributed by atoms with van der Waals surface area (Å²) in [6.45, 7) is 0.638. The Morgan fingerprint density at radius 1 is 1.28 bits per heavy atom. The molecule has 190 valence electrons. The number of benzene rings is 1. The second-order valence-electron chi connectivity index (χ2n) is 8.72. The summed E-state index contributed by atoms with van der Waals surface area (Å²) in [4.78, 5) is 22.5. The number of likely N-dealkylation sites (tertiary alicyclic amines) is 1. The summed E-state index contributed by atoms with van der Waals surface area (Å²) in [6.07, 6.45) is -1.04. The van der Waals surface area contributed by atoms with Crippen LogP contribution in [0.1, 0.15) is 28.5 Å². The minimum Gasteiger partial charge on any atom is -0.382 e. The standard InChI is InChI=1S/C23H24F3N7O2S/c1-32-8-5-14(6-9-32)29-16-3-2-4-17-15(16)11-18(33(17)13-23(24,25)26)20-30-19(35-31-20)12-28-21(34)22-27-7-10-36-22/h2-4,7,10-11,14,29H,5-6,8-9,12-13H2,1H3,(H,28,34). The number of alkyl halides is 3. The third kappa shape index (κ3) is 5.36. The molecule has 0 radical (unpaired) electrons. The Balaban J connectivity index is 1.43. The van der Waals surface area contributed by atoms with Gasteiger partial charge in [0.1, 0.15) is 6.54 Å². The highest BCUT2D eigenvalue weighted by atomic mass is 32.1. The average molecular weight is 520 g/mol. The van der Waals surface area contributed by atoms with E-state index in [2.05, 4.69) is 37.7 Å². The van der Waals surface area contributed by atoms with Crippen LogP contribution >= 0.6 is 11.3 Å². The van der Waals surface area contributed by atoms with Gasteiger partial charge in [0.05, 0.1) is 17.8 Å². The number of carbonyl (C=O) groups is 1. The van der Waals surface area contributed by atoms with Gasteiger partial charge in [0, 0.05) is 28.7 Å². The first-order valence-corrected chi connectivity index (χ1v) is 12.3. The summed E-state index contributed by atoms with van der Waals surface area (Å²) < 4.78 is 47.0. The topological polar surface area (TPSA) is 101 Å². The second-order valence-corrected chi connectivity index (χ2v) is 9.62. The average Bonchev–Trinajstić information content (AvgIpc) is 3.59. The number of fused-ring (bicyclic) bond motifs is 1. The monoisotopic (exact) mass is 519 g/mol. The first-order valence-electron chi connectivity index (χ1n) is 11.4. The molecule has 0 spiro atoms. The number of piperidine rings is 1. The van der Waals surface area contributed by atoms with Crippen molar-refractivity contribution < 1.29 is 22.5 Å². The molecule has 4 aromatic rings. The predicted octanol–water partition coefficient (Wildman–Crippen LogP) is 4.15. The van der Waals surface area contributed by atoms with Crippen LogP contribution in [0.4, 0.5) is 18.9 Å². The van der Waals surface area contributed by atoms with Crippen LogP contribution in [0.25, 0.3) is 22.4 Å². The van der Waals surface area contributed by atoms with Gasteiger partial charge in [-0.05, 0) is 51.2 Å². The van der Waals surface area contributed by atoms with E-state index in [1.165, 1.54) is 17.5 Å². The summed E-state index contributed by atoms with van der Waals surface area (Å²) in [5.74, 6) is -0.317. The molecule has 36 heavy (non-hydrogen) atoms. The van der Waals surface area contributed by atoms with Crippen LogP contribution in [0.15, 0.2) is 40.4 Å². The predicted molar refractivity (Wildman–Crippen MR) is 129 cm³/mol. The largest absolute Gasteiger partial charge is 0.406 e. The first-order chi connectivity index (χ1) is 17.3. The number of rotatable bonds is 7. The fraction of sp³-hybridized carbons (Fsp3) is 0.391. The van der Waals surface area contributed by atoms with Gasteiger partial charge < -0.3 is 24.6 Å². The molecule has 0 bridgehead atoms. The van der Waals surface area contributed by atoms with Gasteiger partial charge in [-0.2, -0.15) is 18.2 Å². The van der Waals surface area contributed by atoms with Gasteiger partial charge in [-0.3, -0.25) is 4.79 Å². The lowest BCUT2D eigenvalue weighted by atomic mass is 10.0. The molecule has 9 nitrogen and oxygen atoms in total. The smallest absolute Gasteiger partial charge is 0.382 e. The molecule has 0 unspecified atom stereocenters. The zero-order valence-corrected chi connectivity index (χ0v) is 20.2. The van der Waals surface area contributed by atoms with Crippen molar-refractivity contribution in [2.75, 3.05) is 25.5 Å². The van der Waals surface area contributed by atoms with Crippen LogP contribution in [-0.4, -0.2) is 62.9 Å². The van der Waals surface area contributed by atoms with E-state index in [0.29, 0.717) is 10.9 Å². The van der Waals surface area contributed by atoms with Gasteiger partial charge in [-0.1, -0.05) is 11.2 Å². The minimum absolute atomic E-state index is 0.0131. The third-order valence-electron chi connectivity index (χ3n) is 6.09. The Morgan fingerprint density at radius 3 is 2.81 bits per heavy atom. The van der Waals surface area contributed by atoms with Crippen LogP contribution < -0.4 is 10.6 Å². The molecule has 2 N–H and O–H groups in total. The molecule has 0 aliphatic carbocycles. The van der Waals surface area contributed by atoms with Crippen molar-refractivity contribution in [3.05, 3.63) is 46.7 Å². The number of nitrogens with zero attached hydrogens (tertiary/aromatic N) is 5. The number of carbonyl (C=O) groups excluding carboxylic acids is 1. The quantitative estimate of drug-likeness (QED) is 0.378. The lowest BCUT2D eigenvalue weighted by Gasteiger charge is -2.30. The molecule has 0 atom stereocenters. The van der Waals surface area contributed by atoms with Gasteiger partial charge in [0.15, 0.2) is 5.01 Å². The zero-order chi connectivity index (χ0) is 25.3. The van der Waals surface area contributed by atoms with E-state index in [9.17, 15) is 18.0 Å². The molecule has 5 rings (SSSR count). The third-order valence-corrected chi connectivity index (χ3v) is 6.86. The van der Waals surface area contributed by atoms with Crippen LogP contribution in [0.3, 0.4) is 0 Å². The molecule has 1 aliphatic rings. The number of amides is 1. The maximum absolute atomic E-state index is 13.5. The molecule has 4 heterocycles. The van der Waals surface area contributed by atoms with Crippen LogP contribution in [0.5, 0.6) is 0 Å². The zero-order valence-electron chi connectivity index (χ0n) is 19.4. The number of halogens is 3. The van der Waals surface area contributed by atoms with Gasteiger partial charge in [0.2, 0.25) is 11.7 Å². The van der Waals surface area contributed by atoms with E-state index < -0.39 is 18.6 Å². The van der Waals surface area contributed by atoms with Crippen molar-refractivity contribution in [3.8, 4) is 11.5 Å². The summed E-state index contributed by atoms with van der Waals surface area (Å²) in [7, 11) is 2.07. The molecule has 0 saturated carbocycles. The lowest BCUT2D eigenvalue weighted by Crippen LogP contribution is -2.36. The maximum atomic E-state index is 13.5. The summed E-state index contributed by atoms with van der Waals surface area (Å²) >= 11 is 1.18. The highest BCUT2D eigenvalue weighted by molar-refractivity contribution is 7.11. The van der Waals surface area contributed by atoms with E-state index in [4.69, 9.17) is 4.52 Å². The second kappa shape index (κ2) is 9.90. The summed E-state index contributed by atoms with van der Waals surface area (Å²) in [5, 5.41) is 12.6. The highest BCUT2D eigenvalue weighted by Crippen LogP contribution is 2.34. The van der Waals surface area contributed by atoms with Crippen molar-refractivity contribution in [1.29, 1.82) is 0 Å². The number of aromatic nitrogens is 4. The lowest BCUT2D eigenvalue weighted by molar-refractivity contribution is -0.139. The molecule has 1 saturated heterocycles. The van der Waals surface area contributed by atoms with E-state index in [-0.39, 0.29) is 35.0 Å². The summed E-state index contributed by atoms with van der Waals surface area (Å²) in [6, 6.07) is 7.16. The van der Waals surface area contributed by atoms with E-state index in [1.807, 2.05) is 6.07 Å². The van der Waals surface area contributed by atoms with Crippen LogP contribution in [0.2, 0.25) is 0 Å². The Kier molecular flexibility index (Phi) is 6.67. The van der Waals surface area contributed by atoms with Gasteiger partial charge in [-0.15, -0.1) is 11.3 Å². The van der Waals surface area contributed by atoms with Crippen molar-refractivity contribution in [2.45, 2.75) is 38.1 Å². The molecule has 1 amide bonds. The van der Waals surface area contributed by atoms with Crippen molar-refractivity contribution in [2.24, 2.45) is 0 Å². The highest BCUT2D eigenvalue weighted by Gasteiger charge is 2.31. The first kappa shape index (κ1) is 24.3. The van der Waals surface area contributed by atoms with Crippen LogP contribution in [-0.2, 0) is 13.1 Å². The molecule has 1 fully saturated rings. The Bertz CT molecular complexity index is 1340. The summed E-state index contributed by atoms with van der Waals surface area (Å²) in [5.41, 5.74) is 1.37. The fourth-order valence-corrected chi connectivity index (χ4v) is 4.87. The van der Waals surface area contributed by atoms with Gasteiger partial charge in [0.25, 0.3) is 5.91 Å². The number of hydrogen-bond acceptors (Lipinski definition) is 8. The van der Waals surface area contributed by atoms with Crippen molar-refractivity contribution in [3.63, 3.8) is 0 Å². The number of thiazole rings is 1. The Hall–Kier alpha value is -3.45. The van der Waals surface area contributed by atoms with E-state index >= 15 is 0 Å². The SMILES string of the molecule is CN1CCC(Nc2cccc3c2cc(-c2noc(CNC(=O)c4nccs4)n2)n3CC(F)(F)F)CC1. The van der Waals surface area contributed by atoms with Gasteiger partial charge >= 0.3 is 6.18 Å². The van der Waals surface area contributed by atoms with E-state index in [1.54, 1.807) is 23.6 Å². The molecule has 1 aromatic carbocycles. The molecular formula is C23H24F3N7O2S. The van der Waals surface area contributed by atoms with Crippen molar-refractivity contribution in [1.82, 2.24) is 29.9 Å². The Labute approximate surface area is 208 Å². The number of anilines is 1.